The fourth-order valence-electron chi connectivity index (χ4n) is 2.99. The molecule has 8 heteroatoms. The van der Waals surface area contributed by atoms with Gasteiger partial charge < -0.3 is 19.2 Å². The highest BCUT2D eigenvalue weighted by Crippen LogP contribution is 2.25. The molecule has 2 aromatic carbocycles. The van der Waals surface area contributed by atoms with Gasteiger partial charge in [0.05, 0.1) is 33.1 Å². The van der Waals surface area contributed by atoms with Gasteiger partial charge in [0.1, 0.15) is 34.6 Å². The van der Waals surface area contributed by atoms with E-state index >= 15 is 0 Å². The number of methoxy groups -OCH3 is 3. The summed E-state index contributed by atoms with van der Waals surface area (Å²) < 4.78 is 16.9. The zero-order valence-electron chi connectivity index (χ0n) is 15.6. The number of benzene rings is 2. The quantitative estimate of drug-likeness (QED) is 0.539. The van der Waals surface area contributed by atoms with Gasteiger partial charge in [-0.15, -0.1) is 0 Å². The van der Waals surface area contributed by atoms with Gasteiger partial charge in [-0.3, -0.25) is 4.79 Å². The number of hydrogen-bond acceptors (Lipinski definition) is 6. The van der Waals surface area contributed by atoms with Gasteiger partial charge in [0.15, 0.2) is 0 Å². The predicted octanol–water partition coefficient (Wildman–Crippen LogP) is 2.79. The summed E-state index contributed by atoms with van der Waals surface area (Å²) in [5.74, 6) is 1.95. The Morgan fingerprint density at radius 2 is 1.79 bits per heavy atom. The number of nitrogens with one attached hydrogen (secondary N) is 1. The Labute approximate surface area is 160 Å². The number of fused-ring (bicyclic) bond motifs is 3. The lowest BCUT2D eigenvalue weighted by molar-refractivity contribution is 0.394. The first-order chi connectivity index (χ1) is 13.6. The van der Waals surface area contributed by atoms with Gasteiger partial charge in [-0.25, -0.2) is 4.98 Å². The molecule has 0 fully saturated rings. The van der Waals surface area contributed by atoms with Crippen molar-refractivity contribution in [1.29, 1.82) is 0 Å². The molecule has 4 rings (SSSR count). The molecule has 8 nitrogen and oxygen atoms in total. The van der Waals surface area contributed by atoms with Crippen LogP contribution in [0.5, 0.6) is 17.2 Å². The summed E-state index contributed by atoms with van der Waals surface area (Å²) in [7, 11) is 4.74. The van der Waals surface area contributed by atoms with Crippen molar-refractivity contribution >= 4 is 28.2 Å². The minimum atomic E-state index is -0.302. The van der Waals surface area contributed by atoms with Crippen LogP contribution in [0.25, 0.3) is 21.9 Å². The van der Waals surface area contributed by atoms with Gasteiger partial charge in [-0.2, -0.15) is 9.78 Å². The third-order valence-corrected chi connectivity index (χ3v) is 4.46. The Kier molecular flexibility index (Phi) is 4.44. The maximum Gasteiger partial charge on any atom is 0.298 e. The molecule has 0 spiro atoms. The third-order valence-electron chi connectivity index (χ3n) is 4.46. The number of ether oxygens (including phenoxy) is 3. The topological polar surface area (TPSA) is 90.7 Å². The SMILES string of the molecule is COc1ccc(/C=N/n2cnc3c([nH]c4cc(OC)ccc43)c2=O)c(OC)c1. The summed E-state index contributed by atoms with van der Waals surface area (Å²) >= 11 is 0. The van der Waals surface area contributed by atoms with Crippen molar-refractivity contribution in [2.75, 3.05) is 21.3 Å². The molecule has 0 saturated carbocycles. The van der Waals surface area contributed by atoms with Gasteiger partial charge in [0.2, 0.25) is 0 Å². The number of aromatic amines is 1. The van der Waals surface area contributed by atoms with Crippen molar-refractivity contribution in [3.63, 3.8) is 0 Å². The first kappa shape index (κ1) is 17.6. The minimum absolute atomic E-state index is 0.302. The van der Waals surface area contributed by atoms with E-state index in [0.29, 0.717) is 33.8 Å². The van der Waals surface area contributed by atoms with Gasteiger partial charge in [0.25, 0.3) is 5.56 Å². The molecule has 1 N–H and O–H groups in total. The summed E-state index contributed by atoms with van der Waals surface area (Å²) in [4.78, 5) is 20.3. The predicted molar refractivity (Wildman–Crippen MR) is 107 cm³/mol. The molecule has 0 saturated heterocycles. The summed E-state index contributed by atoms with van der Waals surface area (Å²) in [5.41, 5.74) is 2.15. The van der Waals surface area contributed by atoms with Crippen LogP contribution in [-0.4, -0.2) is 42.2 Å². The van der Waals surface area contributed by atoms with Crippen molar-refractivity contribution in [1.82, 2.24) is 14.6 Å². The van der Waals surface area contributed by atoms with Crippen LogP contribution in [0.3, 0.4) is 0 Å². The fourth-order valence-corrected chi connectivity index (χ4v) is 2.99. The average Bonchev–Trinajstić information content (AvgIpc) is 3.11. The van der Waals surface area contributed by atoms with Crippen molar-refractivity contribution in [2.45, 2.75) is 0 Å². The van der Waals surface area contributed by atoms with E-state index in [2.05, 4.69) is 15.1 Å². The maximum atomic E-state index is 12.8. The molecule has 0 amide bonds. The van der Waals surface area contributed by atoms with Crippen molar-refractivity contribution in [2.24, 2.45) is 5.10 Å². The Hall–Kier alpha value is -3.81. The number of aromatic nitrogens is 3. The second-order valence-electron chi connectivity index (χ2n) is 6.01. The third kappa shape index (κ3) is 2.94. The van der Waals surface area contributed by atoms with E-state index in [1.54, 1.807) is 45.7 Å². The molecule has 0 atom stereocenters. The summed E-state index contributed by atoms with van der Waals surface area (Å²) in [6.45, 7) is 0. The molecule has 28 heavy (non-hydrogen) atoms. The highest BCUT2D eigenvalue weighted by Gasteiger charge is 2.11. The Bertz CT molecular complexity index is 1260. The molecular formula is C20H18N4O4. The highest BCUT2D eigenvalue weighted by molar-refractivity contribution is 6.04. The van der Waals surface area contributed by atoms with Crippen LogP contribution >= 0.6 is 0 Å². The Morgan fingerprint density at radius 3 is 2.54 bits per heavy atom. The van der Waals surface area contributed by atoms with E-state index < -0.39 is 0 Å². The highest BCUT2D eigenvalue weighted by atomic mass is 16.5. The Morgan fingerprint density at radius 1 is 1.04 bits per heavy atom. The van der Waals surface area contributed by atoms with Gasteiger partial charge in [0, 0.05) is 23.1 Å². The molecule has 0 radical (unpaired) electrons. The van der Waals surface area contributed by atoms with E-state index in [1.807, 2.05) is 18.2 Å². The molecule has 142 valence electrons. The van der Waals surface area contributed by atoms with Crippen LogP contribution < -0.4 is 19.8 Å². The monoisotopic (exact) mass is 378 g/mol. The van der Waals surface area contributed by atoms with E-state index in [-0.39, 0.29) is 5.56 Å². The van der Waals surface area contributed by atoms with Gasteiger partial charge in [-0.1, -0.05) is 0 Å². The average molecular weight is 378 g/mol. The molecule has 2 aromatic heterocycles. The molecule has 0 aliphatic heterocycles. The van der Waals surface area contributed by atoms with E-state index in [0.717, 1.165) is 10.9 Å². The van der Waals surface area contributed by atoms with Crippen molar-refractivity contribution in [3.8, 4) is 17.2 Å². The lowest BCUT2D eigenvalue weighted by atomic mass is 10.2. The van der Waals surface area contributed by atoms with Crippen LogP contribution in [-0.2, 0) is 0 Å². The van der Waals surface area contributed by atoms with Crippen molar-refractivity contribution in [3.05, 3.63) is 58.6 Å². The van der Waals surface area contributed by atoms with Crippen LogP contribution in [0.4, 0.5) is 0 Å². The molecular weight excluding hydrogens is 360 g/mol. The fraction of sp³-hybridized carbons (Fsp3) is 0.150. The zero-order chi connectivity index (χ0) is 19.7. The standard InChI is InChI=1S/C20H18N4O4/c1-26-13-6-7-15-16(8-13)23-19-18(15)21-11-24(20(19)25)22-10-12-4-5-14(27-2)9-17(12)28-3/h4-11,23H,1-3H3/b22-10+. The minimum Gasteiger partial charge on any atom is -0.497 e. The van der Waals surface area contributed by atoms with Gasteiger partial charge >= 0.3 is 0 Å². The normalized spacial score (nSPS) is 11.4. The largest absolute Gasteiger partial charge is 0.497 e. The molecule has 4 aromatic rings. The van der Waals surface area contributed by atoms with Crippen LogP contribution in [0.1, 0.15) is 5.56 Å². The van der Waals surface area contributed by atoms with Crippen LogP contribution in [0, 0.1) is 0 Å². The Balaban J connectivity index is 1.77. The number of H-pyrrole nitrogens is 1. The zero-order valence-corrected chi connectivity index (χ0v) is 15.6. The first-order valence-corrected chi connectivity index (χ1v) is 8.48. The van der Waals surface area contributed by atoms with E-state index in [4.69, 9.17) is 14.2 Å². The number of rotatable bonds is 5. The maximum absolute atomic E-state index is 12.8. The molecule has 0 aliphatic carbocycles. The van der Waals surface area contributed by atoms with Crippen LogP contribution in [0.15, 0.2) is 52.6 Å². The summed E-state index contributed by atoms with van der Waals surface area (Å²) in [6, 6.07) is 10.9. The second kappa shape index (κ2) is 7.07. The van der Waals surface area contributed by atoms with E-state index in [1.165, 1.54) is 11.0 Å². The number of nitrogens with zero attached hydrogens (tertiary/aromatic N) is 3. The number of hydrogen-bond donors (Lipinski definition) is 1. The van der Waals surface area contributed by atoms with Crippen molar-refractivity contribution < 1.29 is 14.2 Å². The second-order valence-corrected chi connectivity index (χ2v) is 6.01. The summed E-state index contributed by atoms with van der Waals surface area (Å²) in [6.07, 6.45) is 2.94. The molecule has 0 bridgehead atoms. The lowest BCUT2D eigenvalue weighted by Crippen LogP contribution is -2.17. The van der Waals surface area contributed by atoms with Gasteiger partial charge in [-0.05, 0) is 24.3 Å². The first-order valence-electron chi connectivity index (χ1n) is 8.48. The molecule has 2 heterocycles. The lowest BCUT2D eigenvalue weighted by Gasteiger charge is -2.06. The van der Waals surface area contributed by atoms with E-state index in [9.17, 15) is 4.79 Å². The molecule has 0 unspecified atom stereocenters. The smallest absolute Gasteiger partial charge is 0.298 e. The summed E-state index contributed by atoms with van der Waals surface area (Å²) in [5, 5.41) is 5.09. The molecule has 0 aliphatic rings. The van der Waals surface area contributed by atoms with Crippen LogP contribution in [0.2, 0.25) is 0 Å².